The van der Waals surface area contributed by atoms with E-state index in [0.29, 0.717) is 23.9 Å². The first-order valence-corrected chi connectivity index (χ1v) is 13.7. The Morgan fingerprint density at radius 1 is 0.925 bits per heavy atom. The van der Waals surface area contributed by atoms with Gasteiger partial charge in [0, 0.05) is 17.7 Å². The first-order chi connectivity index (χ1) is 19.5. The molecule has 2 aliphatic heterocycles. The van der Waals surface area contributed by atoms with Crippen molar-refractivity contribution in [3.8, 4) is 16.9 Å². The SMILES string of the molecule is O=C1c2cc(-c3ccc(C4CCNCC4)cc3)ccc2CN1C(c1nc2ccccc2[nH]1)c1cc(F)ccc1O. The molecule has 0 bridgehead atoms. The van der Waals surface area contributed by atoms with Gasteiger partial charge in [-0.2, -0.15) is 0 Å². The number of nitrogens with one attached hydrogen (secondary N) is 2. The van der Waals surface area contributed by atoms with Gasteiger partial charge in [0.1, 0.15) is 23.4 Å². The number of aromatic nitrogens is 2. The fourth-order valence-corrected chi connectivity index (χ4v) is 6.12. The van der Waals surface area contributed by atoms with Crippen molar-refractivity contribution in [2.24, 2.45) is 0 Å². The highest BCUT2D eigenvalue weighted by Crippen LogP contribution is 2.40. The summed E-state index contributed by atoms with van der Waals surface area (Å²) in [6, 6.07) is 25.2. The van der Waals surface area contributed by atoms with E-state index < -0.39 is 11.9 Å². The second-order valence-electron chi connectivity index (χ2n) is 10.7. The van der Waals surface area contributed by atoms with Crippen molar-refractivity contribution in [3.05, 3.63) is 119 Å². The van der Waals surface area contributed by atoms with Crippen molar-refractivity contribution in [1.29, 1.82) is 0 Å². The highest BCUT2D eigenvalue weighted by molar-refractivity contribution is 6.00. The Hall–Kier alpha value is -4.49. The number of benzene rings is 4. The normalized spacial score (nSPS) is 16.4. The van der Waals surface area contributed by atoms with Gasteiger partial charge in [-0.25, -0.2) is 9.37 Å². The Labute approximate surface area is 231 Å². The number of phenolic OH excluding ortho intramolecular Hbond substituents is 1. The lowest BCUT2D eigenvalue weighted by atomic mass is 9.89. The van der Waals surface area contributed by atoms with Crippen LogP contribution in [-0.4, -0.2) is 39.0 Å². The highest BCUT2D eigenvalue weighted by Gasteiger charge is 2.37. The second-order valence-corrected chi connectivity index (χ2v) is 10.7. The van der Waals surface area contributed by atoms with Crippen molar-refractivity contribution >= 4 is 16.9 Å². The van der Waals surface area contributed by atoms with E-state index in [2.05, 4.69) is 34.6 Å². The van der Waals surface area contributed by atoms with E-state index in [1.807, 2.05) is 42.5 Å². The molecule has 0 radical (unpaired) electrons. The molecule has 7 rings (SSSR count). The maximum absolute atomic E-state index is 14.4. The van der Waals surface area contributed by atoms with E-state index in [1.54, 1.807) is 4.90 Å². The van der Waals surface area contributed by atoms with Gasteiger partial charge in [0.15, 0.2) is 0 Å². The minimum Gasteiger partial charge on any atom is -0.508 e. The zero-order valence-corrected chi connectivity index (χ0v) is 21.9. The maximum atomic E-state index is 14.4. The molecule has 1 atom stereocenters. The molecule has 1 unspecified atom stereocenters. The summed E-state index contributed by atoms with van der Waals surface area (Å²) in [4.78, 5) is 23.6. The Morgan fingerprint density at radius 3 is 2.50 bits per heavy atom. The van der Waals surface area contributed by atoms with E-state index in [0.717, 1.165) is 53.7 Å². The quantitative estimate of drug-likeness (QED) is 0.249. The summed E-state index contributed by atoms with van der Waals surface area (Å²) in [7, 11) is 0. The highest BCUT2D eigenvalue weighted by atomic mass is 19.1. The number of carbonyl (C=O) groups excluding carboxylic acids is 1. The van der Waals surface area contributed by atoms with E-state index >= 15 is 0 Å². The van der Waals surface area contributed by atoms with Gasteiger partial charge in [-0.3, -0.25) is 4.79 Å². The lowest BCUT2D eigenvalue weighted by Gasteiger charge is -2.27. The summed E-state index contributed by atoms with van der Waals surface area (Å²) in [6.45, 7) is 2.43. The Balaban J connectivity index is 1.24. The standard InChI is InChI=1S/C33H29FN4O2/c34-25-11-12-30(39)27(18-25)31(32-36-28-3-1-2-4-29(28)37-32)38-19-24-10-9-23(17-26(24)33(38)40)21-7-5-20(6-8-21)22-13-15-35-16-14-22/h1-12,17-18,22,31,35,39H,13-16,19H2,(H,36,37). The van der Waals surface area contributed by atoms with Gasteiger partial charge in [0.2, 0.25) is 0 Å². The van der Waals surface area contributed by atoms with Crippen LogP contribution in [0, 0.1) is 5.82 Å². The first kappa shape index (κ1) is 24.5. The molecule has 1 aromatic heterocycles. The van der Waals surface area contributed by atoms with Gasteiger partial charge in [-0.05, 0) is 90.5 Å². The molecule has 7 heteroatoms. The number of para-hydroxylation sites is 2. The molecular weight excluding hydrogens is 503 g/mol. The van der Waals surface area contributed by atoms with Crippen LogP contribution in [0.3, 0.4) is 0 Å². The van der Waals surface area contributed by atoms with Gasteiger partial charge in [0.25, 0.3) is 5.91 Å². The predicted molar refractivity (Wildman–Crippen MR) is 153 cm³/mol. The second kappa shape index (κ2) is 9.92. The minimum atomic E-state index is -0.796. The van der Waals surface area contributed by atoms with E-state index in [9.17, 15) is 14.3 Å². The predicted octanol–water partition coefficient (Wildman–Crippen LogP) is 6.29. The lowest BCUT2D eigenvalue weighted by Crippen LogP contribution is -2.31. The molecule has 40 heavy (non-hydrogen) atoms. The molecule has 4 aromatic carbocycles. The fraction of sp³-hybridized carbons (Fsp3) is 0.212. The molecule has 3 heterocycles. The zero-order chi connectivity index (χ0) is 27.2. The van der Waals surface area contributed by atoms with Crippen LogP contribution in [0.5, 0.6) is 5.75 Å². The molecule has 0 saturated carbocycles. The average Bonchev–Trinajstić information content (AvgIpc) is 3.56. The molecule has 6 nitrogen and oxygen atoms in total. The molecule has 1 saturated heterocycles. The van der Waals surface area contributed by atoms with E-state index in [4.69, 9.17) is 4.98 Å². The number of fused-ring (bicyclic) bond motifs is 2. The first-order valence-electron chi connectivity index (χ1n) is 13.7. The summed E-state index contributed by atoms with van der Waals surface area (Å²) in [5.74, 6) is 0.285. The third kappa shape index (κ3) is 4.32. The Morgan fingerprint density at radius 2 is 1.70 bits per heavy atom. The number of carbonyl (C=O) groups is 1. The third-order valence-electron chi connectivity index (χ3n) is 8.26. The Kier molecular flexibility index (Phi) is 6.09. The summed E-state index contributed by atoms with van der Waals surface area (Å²) in [6.07, 6.45) is 2.30. The molecule has 0 spiro atoms. The monoisotopic (exact) mass is 532 g/mol. The number of aromatic hydroxyl groups is 1. The van der Waals surface area contributed by atoms with Crippen molar-refractivity contribution in [2.45, 2.75) is 31.3 Å². The fourth-order valence-electron chi connectivity index (χ4n) is 6.12. The number of amides is 1. The average molecular weight is 533 g/mol. The van der Waals surface area contributed by atoms with Crippen molar-refractivity contribution in [3.63, 3.8) is 0 Å². The largest absolute Gasteiger partial charge is 0.508 e. The lowest BCUT2D eigenvalue weighted by molar-refractivity contribution is 0.0723. The van der Waals surface area contributed by atoms with Gasteiger partial charge < -0.3 is 20.3 Å². The number of piperidine rings is 1. The van der Waals surface area contributed by atoms with Crippen LogP contribution in [0.4, 0.5) is 4.39 Å². The van der Waals surface area contributed by atoms with Gasteiger partial charge in [-0.15, -0.1) is 0 Å². The molecule has 1 fully saturated rings. The van der Waals surface area contributed by atoms with Crippen LogP contribution in [0.15, 0.2) is 84.9 Å². The Bertz CT molecular complexity index is 1690. The molecule has 5 aromatic rings. The number of aromatic amines is 1. The molecule has 200 valence electrons. The summed E-state index contributed by atoms with van der Waals surface area (Å²) in [5, 5.41) is 14.2. The van der Waals surface area contributed by atoms with Gasteiger partial charge >= 0.3 is 0 Å². The summed E-state index contributed by atoms with van der Waals surface area (Å²) >= 11 is 0. The summed E-state index contributed by atoms with van der Waals surface area (Å²) < 4.78 is 14.4. The molecule has 3 N–H and O–H groups in total. The number of imidazole rings is 1. The molecule has 2 aliphatic rings. The van der Waals surface area contributed by atoms with Crippen LogP contribution in [0.2, 0.25) is 0 Å². The topological polar surface area (TPSA) is 81.2 Å². The van der Waals surface area contributed by atoms with E-state index in [1.165, 1.54) is 23.8 Å². The number of hydrogen-bond donors (Lipinski definition) is 3. The van der Waals surface area contributed by atoms with Crippen molar-refractivity contribution in [1.82, 2.24) is 20.2 Å². The zero-order valence-electron chi connectivity index (χ0n) is 21.9. The third-order valence-corrected chi connectivity index (χ3v) is 8.26. The van der Waals surface area contributed by atoms with Gasteiger partial charge in [0.05, 0.1) is 11.0 Å². The van der Waals surface area contributed by atoms with Crippen LogP contribution < -0.4 is 5.32 Å². The molecule has 0 aliphatic carbocycles. The van der Waals surface area contributed by atoms with Crippen LogP contribution in [0.25, 0.3) is 22.2 Å². The number of phenols is 1. The van der Waals surface area contributed by atoms with Crippen molar-refractivity contribution in [2.75, 3.05) is 13.1 Å². The van der Waals surface area contributed by atoms with Crippen LogP contribution in [-0.2, 0) is 6.54 Å². The number of halogens is 1. The van der Waals surface area contributed by atoms with Crippen LogP contribution >= 0.6 is 0 Å². The van der Waals surface area contributed by atoms with Gasteiger partial charge in [-0.1, -0.05) is 48.5 Å². The van der Waals surface area contributed by atoms with E-state index in [-0.39, 0.29) is 17.2 Å². The number of rotatable bonds is 5. The number of H-pyrrole nitrogens is 1. The minimum absolute atomic E-state index is 0.0925. The number of hydrogen-bond acceptors (Lipinski definition) is 4. The maximum Gasteiger partial charge on any atom is 0.255 e. The molecule has 1 amide bonds. The smallest absolute Gasteiger partial charge is 0.255 e. The number of nitrogens with zero attached hydrogens (tertiary/aromatic N) is 2. The van der Waals surface area contributed by atoms with Crippen LogP contribution in [0.1, 0.15) is 57.7 Å². The van der Waals surface area contributed by atoms with Crippen molar-refractivity contribution < 1.29 is 14.3 Å². The summed E-state index contributed by atoms with van der Waals surface area (Å²) in [5.41, 5.74) is 6.71. The molecular formula is C33H29FN4O2.